The predicted molar refractivity (Wildman–Crippen MR) is 228 cm³/mol. The Kier molecular flexibility index (Phi) is 10.3. The minimum atomic E-state index is -5.25. The number of benzene rings is 3. The van der Waals surface area contributed by atoms with Crippen LogP contribution < -0.4 is 19.3 Å². The number of phenols is 1. The van der Waals surface area contributed by atoms with E-state index in [4.69, 9.17) is 26.2 Å². The number of ether oxygens (including phenoxy) is 2. The molecule has 0 spiro atoms. The molecule has 0 radical (unpaired) electrons. The minimum absolute atomic E-state index is 0.0649. The number of carbonyl (C=O) groups excluding carboxylic acids is 4. The predicted octanol–water partition coefficient (Wildman–Crippen LogP) is 10.0. The zero-order chi connectivity index (χ0) is 46.8. The van der Waals surface area contributed by atoms with Crippen molar-refractivity contribution in [2.24, 2.45) is 42.1 Å². The summed E-state index contributed by atoms with van der Waals surface area (Å²) in [4.78, 5) is 61.0. The lowest BCUT2D eigenvalue weighted by Crippen LogP contribution is -2.49. The van der Waals surface area contributed by atoms with Crippen LogP contribution in [0.25, 0.3) is 26.7 Å². The number of thiophene rings is 1. The van der Waals surface area contributed by atoms with Crippen LogP contribution >= 0.6 is 22.9 Å². The van der Waals surface area contributed by atoms with Crippen LogP contribution in [0.3, 0.4) is 0 Å². The maximum atomic E-state index is 15.2. The Morgan fingerprint density at radius 2 is 1.52 bits per heavy atom. The molecule has 1 N–H and O–H groups in total. The molecule has 3 aromatic carbocycles. The number of aryl methyl sites for hydroxylation is 2. The van der Waals surface area contributed by atoms with Crippen LogP contribution in [0, 0.1) is 41.9 Å². The number of fused-ring (bicyclic) bond motifs is 5. The third kappa shape index (κ3) is 6.81. The van der Waals surface area contributed by atoms with Crippen LogP contribution in [0.5, 0.6) is 17.2 Å². The van der Waals surface area contributed by atoms with E-state index in [1.165, 1.54) is 42.4 Å². The van der Waals surface area contributed by atoms with Gasteiger partial charge in [-0.2, -0.15) is 31.4 Å². The summed E-state index contributed by atoms with van der Waals surface area (Å²) >= 11 is 7.76. The Hall–Kier alpha value is -6.14. The number of carbonyl (C=O) groups is 4. The fourth-order valence-corrected chi connectivity index (χ4v) is 11.5. The molecule has 2 aliphatic carbocycles. The highest BCUT2D eigenvalue weighted by Gasteiger charge is 2.67. The van der Waals surface area contributed by atoms with Gasteiger partial charge in [-0.25, -0.2) is 9.80 Å². The van der Waals surface area contributed by atoms with Crippen LogP contribution in [0.15, 0.2) is 72.3 Å². The third-order valence-corrected chi connectivity index (χ3v) is 14.9. The lowest BCUT2D eigenvalue weighted by molar-refractivity contribution is -0.143. The number of alkyl halides is 6. The summed E-state index contributed by atoms with van der Waals surface area (Å²) in [6.07, 6.45) is -5.80. The van der Waals surface area contributed by atoms with Gasteiger partial charge in [0.1, 0.15) is 11.5 Å². The first-order valence-corrected chi connectivity index (χ1v) is 21.4. The first-order valence-electron chi connectivity index (χ1n) is 20.2. The molecule has 2 aromatic heterocycles. The zero-order valence-electron chi connectivity index (χ0n) is 35.0. The molecule has 4 heterocycles. The van der Waals surface area contributed by atoms with Crippen molar-refractivity contribution in [3.8, 4) is 27.8 Å². The Labute approximate surface area is 375 Å². The number of aromatic nitrogens is 2. The molecule has 338 valence electrons. The summed E-state index contributed by atoms with van der Waals surface area (Å²) in [6.45, 7) is 3.55. The lowest BCUT2D eigenvalue weighted by atomic mass is 9.52. The normalized spacial score (nSPS) is 24.6. The average molecular weight is 939 g/mol. The number of allylic oxidation sites excluding steroid dienone is 3. The number of hydrogen-bond acceptors (Lipinski definition) is 9. The Morgan fingerprint density at radius 3 is 2.14 bits per heavy atom. The molecule has 9 rings (SSSR count). The summed E-state index contributed by atoms with van der Waals surface area (Å²) in [5.74, 6) is -8.73. The van der Waals surface area contributed by atoms with Gasteiger partial charge in [-0.3, -0.25) is 23.9 Å². The summed E-state index contributed by atoms with van der Waals surface area (Å²) in [6, 6.07) is 10.8. The summed E-state index contributed by atoms with van der Waals surface area (Å²) < 4.78 is 96.9. The maximum Gasteiger partial charge on any atom is 0.416 e. The number of aromatic hydroxyl groups is 1. The van der Waals surface area contributed by atoms with Crippen molar-refractivity contribution in [3.63, 3.8) is 0 Å². The molecule has 19 heteroatoms. The summed E-state index contributed by atoms with van der Waals surface area (Å²) in [5.41, 5.74) is -3.49. The van der Waals surface area contributed by atoms with E-state index < -0.39 is 87.8 Å². The molecule has 0 unspecified atom stereocenters. The topological polar surface area (TPSA) is 131 Å². The first kappa shape index (κ1) is 44.1. The van der Waals surface area contributed by atoms with Gasteiger partial charge in [-0.15, -0.1) is 11.3 Å². The molecule has 3 fully saturated rings. The van der Waals surface area contributed by atoms with E-state index in [1.54, 1.807) is 44.3 Å². The standard InChI is InChI=1S/C46H37ClF6N4O7S/c1-20-28-17-24(47)7-11-35(28)65-39(20)32-19-36(55(3)54-32)57-41(60)31-18-29-26(30(44(31,2)43(57)62)10-6-21-12-33(63-4)38(58)34(13-21)64-5)8-9-27-37(29)42(61)56(40(27)59)25-15-22(45(48,49)50)14-23(16-25)46(51,52)53/h6-8,10-17,19,27,29-31,37,58H,9,18H2,1-5H3/t27-,29+,30-,31-,37-,44-/m0/s1. The number of hydrogen-bond donors (Lipinski definition) is 1. The van der Waals surface area contributed by atoms with Crippen molar-refractivity contribution in [2.75, 3.05) is 24.0 Å². The molecule has 1 saturated carbocycles. The van der Waals surface area contributed by atoms with Crippen molar-refractivity contribution in [3.05, 3.63) is 99.6 Å². The Morgan fingerprint density at radius 1 is 0.877 bits per heavy atom. The molecule has 65 heavy (non-hydrogen) atoms. The second-order valence-electron chi connectivity index (χ2n) is 16.8. The number of rotatable bonds is 7. The van der Waals surface area contributed by atoms with Crippen molar-refractivity contribution in [2.45, 2.75) is 39.0 Å². The number of anilines is 2. The fourth-order valence-electron chi connectivity index (χ4n) is 10.2. The average Bonchev–Trinajstić information content (AvgIpc) is 3.92. The number of amides is 4. The molecule has 11 nitrogen and oxygen atoms in total. The SMILES string of the molecule is COc1cc(C=C[C@H]2C3=CC[C@@H]4C(=O)N(c5cc(C(F)(F)F)cc(C(F)(F)F)c5)C(=O)[C@@H]4[C@@H]3C[C@H]3C(=O)N(c4cc(-c5sc6ccc(Cl)cc6c5C)nn4C)C(=O)[C@@]23C)cc(OC)c1O. The number of imide groups is 2. The van der Waals surface area contributed by atoms with E-state index in [-0.39, 0.29) is 42.0 Å². The highest BCUT2D eigenvalue weighted by atomic mass is 35.5. The van der Waals surface area contributed by atoms with Gasteiger partial charge in [0.25, 0.3) is 0 Å². The molecule has 5 aromatic rings. The van der Waals surface area contributed by atoms with Gasteiger partial charge in [-0.05, 0) is 97.7 Å². The Bertz CT molecular complexity index is 2900. The van der Waals surface area contributed by atoms with E-state index in [9.17, 15) is 45.8 Å². The van der Waals surface area contributed by atoms with Crippen molar-refractivity contribution >= 4 is 74.2 Å². The molecular weight excluding hydrogens is 902 g/mol. The van der Waals surface area contributed by atoms with Gasteiger partial charge in [0, 0.05) is 28.8 Å². The van der Waals surface area contributed by atoms with Gasteiger partial charge < -0.3 is 14.6 Å². The first-order chi connectivity index (χ1) is 30.6. The van der Waals surface area contributed by atoms with Crippen LogP contribution in [0.2, 0.25) is 5.02 Å². The molecular formula is C46H37ClF6N4O7S. The molecule has 4 aliphatic rings. The second kappa shape index (κ2) is 15.2. The van der Waals surface area contributed by atoms with E-state index in [0.29, 0.717) is 38.9 Å². The van der Waals surface area contributed by atoms with Crippen LogP contribution in [0.4, 0.5) is 37.8 Å². The Balaban J connectivity index is 1.15. The number of phenolic OH excluding ortho intramolecular Hbond substituents is 1. The third-order valence-electron chi connectivity index (χ3n) is 13.4. The summed E-state index contributed by atoms with van der Waals surface area (Å²) in [5, 5.41) is 16.8. The summed E-state index contributed by atoms with van der Waals surface area (Å²) in [7, 11) is 4.27. The van der Waals surface area contributed by atoms with Crippen molar-refractivity contribution < 1.29 is 60.1 Å². The smallest absolute Gasteiger partial charge is 0.416 e. The highest BCUT2D eigenvalue weighted by Crippen LogP contribution is 2.61. The number of halogens is 7. The van der Waals surface area contributed by atoms with Crippen LogP contribution in [-0.4, -0.2) is 52.7 Å². The molecule has 2 saturated heterocycles. The number of methoxy groups -OCH3 is 2. The van der Waals surface area contributed by atoms with E-state index >= 15 is 4.79 Å². The highest BCUT2D eigenvalue weighted by molar-refractivity contribution is 7.22. The van der Waals surface area contributed by atoms with Gasteiger partial charge >= 0.3 is 12.4 Å². The van der Waals surface area contributed by atoms with Gasteiger partial charge in [-0.1, -0.05) is 35.4 Å². The largest absolute Gasteiger partial charge is 0.502 e. The van der Waals surface area contributed by atoms with Gasteiger partial charge in [0.05, 0.1) is 59.1 Å². The quantitative estimate of drug-likeness (QED) is 0.0970. The van der Waals surface area contributed by atoms with Crippen molar-refractivity contribution in [1.82, 2.24) is 9.78 Å². The van der Waals surface area contributed by atoms with E-state index in [2.05, 4.69) is 0 Å². The molecule has 4 amide bonds. The maximum absolute atomic E-state index is 15.2. The minimum Gasteiger partial charge on any atom is -0.502 e. The van der Waals surface area contributed by atoms with Crippen LogP contribution in [-0.2, 0) is 38.6 Å². The molecule has 2 aliphatic heterocycles. The molecule has 0 bridgehead atoms. The lowest BCUT2D eigenvalue weighted by Gasteiger charge is -2.47. The zero-order valence-corrected chi connectivity index (χ0v) is 36.5. The molecule has 6 atom stereocenters. The second-order valence-corrected chi connectivity index (χ2v) is 18.3. The van der Waals surface area contributed by atoms with Crippen LogP contribution in [0.1, 0.15) is 42.0 Å². The van der Waals surface area contributed by atoms with E-state index in [0.717, 1.165) is 25.4 Å². The van der Waals surface area contributed by atoms with Gasteiger partial charge in [0.15, 0.2) is 11.5 Å². The number of nitrogens with zero attached hydrogens (tertiary/aromatic N) is 4. The van der Waals surface area contributed by atoms with Gasteiger partial charge in [0.2, 0.25) is 29.4 Å². The van der Waals surface area contributed by atoms with E-state index in [1.807, 2.05) is 19.1 Å². The van der Waals surface area contributed by atoms with Crippen molar-refractivity contribution in [1.29, 1.82) is 0 Å². The monoisotopic (exact) mass is 938 g/mol. The fraction of sp³-hybridized carbons (Fsp3) is 0.326.